The molecule has 0 saturated carbocycles. The molecule has 0 N–H and O–H groups in total. The van der Waals surface area contributed by atoms with Crippen molar-refractivity contribution >= 4 is 34.8 Å². The van der Waals surface area contributed by atoms with E-state index in [9.17, 15) is 19.7 Å². The lowest BCUT2D eigenvalue weighted by Crippen LogP contribution is -2.29. The van der Waals surface area contributed by atoms with E-state index in [2.05, 4.69) is 0 Å². The van der Waals surface area contributed by atoms with Crippen molar-refractivity contribution in [1.82, 2.24) is 0 Å². The summed E-state index contributed by atoms with van der Waals surface area (Å²) in [5.41, 5.74) is 0.251. The molecule has 138 valence electrons. The highest BCUT2D eigenvalue weighted by Gasteiger charge is 2.37. The highest BCUT2D eigenvalue weighted by Crippen LogP contribution is 2.35. The molecule has 0 unspecified atom stereocenters. The lowest BCUT2D eigenvalue weighted by atomic mass is 10.1. The van der Waals surface area contributed by atoms with Crippen LogP contribution in [0.4, 0.5) is 11.4 Å². The number of hydrogen-bond donors (Lipinski definition) is 0. The van der Waals surface area contributed by atoms with Gasteiger partial charge in [0.05, 0.1) is 27.8 Å². The van der Waals surface area contributed by atoms with Crippen LogP contribution in [-0.4, -0.2) is 16.7 Å². The summed E-state index contributed by atoms with van der Waals surface area (Å²) in [5, 5.41) is 11.9. The van der Waals surface area contributed by atoms with E-state index in [0.717, 1.165) is 11.0 Å². The molecule has 2 amide bonds. The molecule has 0 spiro atoms. The van der Waals surface area contributed by atoms with Gasteiger partial charge in [-0.3, -0.25) is 19.7 Å². The molecular weight excluding hydrogens is 384 g/mol. The Kier molecular flexibility index (Phi) is 4.29. The first-order chi connectivity index (χ1) is 13.4. The molecule has 0 radical (unpaired) electrons. The van der Waals surface area contributed by atoms with Gasteiger partial charge in [-0.25, -0.2) is 4.90 Å². The predicted molar refractivity (Wildman–Crippen MR) is 102 cm³/mol. The average molecular weight is 395 g/mol. The number of ether oxygens (including phenoxy) is 1. The number of amides is 2. The fourth-order valence-corrected chi connectivity index (χ4v) is 3.05. The minimum Gasteiger partial charge on any atom is -0.457 e. The first-order valence-electron chi connectivity index (χ1n) is 8.15. The number of rotatable bonds is 4. The Bertz CT molecular complexity index is 1090. The van der Waals surface area contributed by atoms with Crippen molar-refractivity contribution in [1.29, 1.82) is 0 Å². The van der Waals surface area contributed by atoms with Crippen molar-refractivity contribution < 1.29 is 19.2 Å². The number of imide groups is 1. The van der Waals surface area contributed by atoms with Crippen molar-refractivity contribution in [2.75, 3.05) is 4.90 Å². The smallest absolute Gasteiger partial charge is 0.275 e. The molecule has 0 aromatic heterocycles. The van der Waals surface area contributed by atoms with Crippen LogP contribution in [0.5, 0.6) is 11.5 Å². The maximum absolute atomic E-state index is 12.7. The van der Waals surface area contributed by atoms with Crippen molar-refractivity contribution in [2.45, 2.75) is 0 Å². The van der Waals surface area contributed by atoms with Crippen molar-refractivity contribution in [3.8, 4) is 11.5 Å². The van der Waals surface area contributed by atoms with E-state index < -0.39 is 16.7 Å². The normalized spacial score (nSPS) is 12.8. The third-order valence-electron chi connectivity index (χ3n) is 4.19. The molecule has 8 heteroatoms. The first-order valence-corrected chi connectivity index (χ1v) is 8.52. The van der Waals surface area contributed by atoms with Crippen molar-refractivity contribution in [3.05, 3.63) is 93.0 Å². The zero-order chi connectivity index (χ0) is 19.8. The highest BCUT2D eigenvalue weighted by molar-refractivity contribution is 6.34. The van der Waals surface area contributed by atoms with Crippen LogP contribution in [0.25, 0.3) is 0 Å². The fourth-order valence-electron chi connectivity index (χ4n) is 2.92. The van der Waals surface area contributed by atoms with Gasteiger partial charge < -0.3 is 4.74 Å². The summed E-state index contributed by atoms with van der Waals surface area (Å²) in [6.45, 7) is 0. The average Bonchev–Trinajstić information content (AvgIpc) is 2.94. The lowest BCUT2D eigenvalue weighted by molar-refractivity contribution is -0.384. The van der Waals surface area contributed by atoms with Gasteiger partial charge in [-0.2, -0.15) is 0 Å². The topological polar surface area (TPSA) is 89.8 Å². The zero-order valence-electron chi connectivity index (χ0n) is 14.2. The summed E-state index contributed by atoms with van der Waals surface area (Å²) in [6, 6.07) is 16.6. The number of halogens is 1. The molecule has 0 saturated heterocycles. The number of carbonyl (C=O) groups is 2. The number of anilines is 1. The Morgan fingerprint density at radius 1 is 0.857 bits per heavy atom. The summed E-state index contributed by atoms with van der Waals surface area (Å²) in [6.07, 6.45) is 0. The van der Waals surface area contributed by atoms with E-state index in [-0.39, 0.29) is 28.3 Å². The predicted octanol–water partition coefficient (Wildman–Crippen LogP) is 4.84. The van der Waals surface area contributed by atoms with Crippen LogP contribution in [0, 0.1) is 10.1 Å². The fraction of sp³-hybridized carbons (Fsp3) is 0. The Labute approximate surface area is 163 Å². The minimum atomic E-state index is -0.615. The third-order valence-corrected chi connectivity index (χ3v) is 4.44. The molecule has 3 aromatic rings. The van der Waals surface area contributed by atoms with Crippen LogP contribution >= 0.6 is 11.6 Å². The van der Waals surface area contributed by atoms with Crippen LogP contribution < -0.4 is 9.64 Å². The van der Waals surface area contributed by atoms with E-state index >= 15 is 0 Å². The Morgan fingerprint density at radius 3 is 2.04 bits per heavy atom. The monoisotopic (exact) mass is 394 g/mol. The Hall–Kier alpha value is -3.71. The van der Waals surface area contributed by atoms with Gasteiger partial charge in [-0.05, 0) is 36.4 Å². The van der Waals surface area contributed by atoms with Crippen molar-refractivity contribution in [2.24, 2.45) is 0 Å². The number of nitrogens with zero attached hydrogens (tertiary/aromatic N) is 2. The SMILES string of the molecule is O=C1c2ccccc2C(=O)N1c1cc(Oc2ccc(Cl)cc2)cc([N+](=O)[O-])c1. The first kappa shape index (κ1) is 17.7. The number of nitro benzene ring substituents is 1. The van der Waals surface area contributed by atoms with Gasteiger partial charge in [0, 0.05) is 17.2 Å². The second kappa shape index (κ2) is 6.79. The number of hydrogen-bond acceptors (Lipinski definition) is 5. The van der Waals surface area contributed by atoms with Gasteiger partial charge >= 0.3 is 0 Å². The van der Waals surface area contributed by atoms with Gasteiger partial charge in [-0.1, -0.05) is 23.7 Å². The second-order valence-corrected chi connectivity index (χ2v) is 6.43. The number of nitro groups is 1. The molecule has 4 rings (SSSR count). The quantitative estimate of drug-likeness (QED) is 0.359. The largest absolute Gasteiger partial charge is 0.457 e. The third kappa shape index (κ3) is 3.08. The molecule has 0 bridgehead atoms. The molecule has 0 atom stereocenters. The van der Waals surface area contributed by atoms with Crippen LogP contribution in [0.2, 0.25) is 5.02 Å². The maximum Gasteiger partial charge on any atom is 0.275 e. The summed E-state index contributed by atoms with van der Waals surface area (Å²) in [4.78, 5) is 37.0. The van der Waals surface area contributed by atoms with Gasteiger partial charge in [0.25, 0.3) is 17.5 Å². The Balaban J connectivity index is 1.76. The van der Waals surface area contributed by atoms with Gasteiger partial charge in [0.1, 0.15) is 11.5 Å². The van der Waals surface area contributed by atoms with Gasteiger partial charge in [0.15, 0.2) is 0 Å². The molecular formula is C20H11ClN2O5. The van der Waals surface area contributed by atoms with Crippen LogP contribution in [0.15, 0.2) is 66.7 Å². The van der Waals surface area contributed by atoms with Crippen LogP contribution in [0.3, 0.4) is 0 Å². The number of benzene rings is 3. The van der Waals surface area contributed by atoms with Crippen LogP contribution in [0.1, 0.15) is 20.7 Å². The summed E-state index contributed by atoms with van der Waals surface area (Å²) in [5.74, 6) is -0.571. The van der Waals surface area contributed by atoms with E-state index in [1.165, 1.54) is 24.3 Å². The number of fused-ring (bicyclic) bond motifs is 1. The summed E-state index contributed by atoms with van der Waals surface area (Å²) < 4.78 is 5.66. The molecule has 7 nitrogen and oxygen atoms in total. The van der Waals surface area contributed by atoms with E-state index in [0.29, 0.717) is 10.8 Å². The Morgan fingerprint density at radius 2 is 1.46 bits per heavy atom. The molecule has 3 aromatic carbocycles. The maximum atomic E-state index is 12.7. The van der Waals surface area contributed by atoms with Gasteiger partial charge in [-0.15, -0.1) is 0 Å². The van der Waals surface area contributed by atoms with E-state index in [1.807, 2.05) is 0 Å². The molecule has 28 heavy (non-hydrogen) atoms. The number of carbonyl (C=O) groups excluding carboxylic acids is 2. The zero-order valence-corrected chi connectivity index (χ0v) is 14.9. The van der Waals surface area contributed by atoms with Gasteiger partial charge in [0.2, 0.25) is 0 Å². The summed E-state index contributed by atoms with van der Waals surface area (Å²) in [7, 11) is 0. The molecule has 1 aliphatic rings. The molecule has 1 aliphatic heterocycles. The van der Waals surface area contributed by atoms with Crippen LogP contribution in [-0.2, 0) is 0 Å². The summed E-state index contributed by atoms with van der Waals surface area (Å²) >= 11 is 5.84. The number of non-ortho nitro benzene ring substituents is 1. The highest BCUT2D eigenvalue weighted by atomic mass is 35.5. The van der Waals surface area contributed by atoms with Crippen molar-refractivity contribution in [3.63, 3.8) is 0 Å². The molecule has 0 fully saturated rings. The molecule has 1 heterocycles. The second-order valence-electron chi connectivity index (χ2n) is 5.99. The molecule has 0 aliphatic carbocycles. The van der Waals surface area contributed by atoms with E-state index in [1.54, 1.807) is 36.4 Å². The standard InChI is InChI=1S/C20H11ClN2O5/c21-12-5-7-15(8-6-12)28-16-10-13(9-14(11-16)23(26)27)22-19(24)17-3-1-2-4-18(17)20(22)25/h1-11H. The minimum absolute atomic E-state index is 0.0596. The lowest BCUT2D eigenvalue weighted by Gasteiger charge is -2.15. The van der Waals surface area contributed by atoms with E-state index in [4.69, 9.17) is 16.3 Å².